The molecule has 0 saturated heterocycles. The minimum atomic E-state index is -0.623. The third-order valence-electron chi connectivity index (χ3n) is 5.14. The summed E-state index contributed by atoms with van der Waals surface area (Å²) in [5, 5.41) is 1.23. The number of amides is 1. The molecule has 4 nitrogen and oxygen atoms in total. The van der Waals surface area contributed by atoms with E-state index in [9.17, 15) is 9.18 Å². The van der Waals surface area contributed by atoms with Crippen LogP contribution in [-0.2, 0) is 17.8 Å². The van der Waals surface area contributed by atoms with Crippen molar-refractivity contribution in [3.8, 4) is 0 Å². The first kappa shape index (κ1) is 16.8. The van der Waals surface area contributed by atoms with E-state index in [0.29, 0.717) is 18.7 Å². The van der Waals surface area contributed by atoms with E-state index >= 15 is 0 Å². The third-order valence-corrected chi connectivity index (χ3v) is 5.14. The molecule has 4 rings (SSSR count). The molecule has 0 spiro atoms. The molecule has 0 fully saturated rings. The Balaban J connectivity index is 1.65. The highest BCUT2D eigenvalue weighted by atomic mass is 19.1. The van der Waals surface area contributed by atoms with Gasteiger partial charge in [0, 0.05) is 28.7 Å². The van der Waals surface area contributed by atoms with Crippen LogP contribution < -0.4 is 0 Å². The number of nitrogens with zero attached hydrogens (tertiary/aromatic N) is 2. The fraction of sp³-hybridized carbons (Fsp3) is 0.286. The molecule has 2 aromatic carbocycles. The second kappa shape index (κ2) is 6.57. The number of aromatic amines is 1. The number of H-pyrrole nitrogens is 1. The van der Waals surface area contributed by atoms with E-state index < -0.39 is 6.04 Å². The molecule has 134 valence electrons. The average Bonchev–Trinajstić information content (AvgIpc) is 3.01. The average molecular weight is 351 g/mol. The van der Waals surface area contributed by atoms with Gasteiger partial charge in [-0.05, 0) is 38.2 Å². The zero-order valence-electron chi connectivity index (χ0n) is 15.0. The lowest BCUT2D eigenvalue weighted by molar-refractivity contribution is -0.137. The molecule has 1 atom stereocenters. The van der Waals surface area contributed by atoms with Crippen LogP contribution >= 0.6 is 0 Å². The number of benzene rings is 2. The molecule has 2 heterocycles. The van der Waals surface area contributed by atoms with E-state index in [0.717, 1.165) is 17.6 Å². The van der Waals surface area contributed by atoms with Gasteiger partial charge in [-0.2, -0.15) is 0 Å². The Bertz CT molecular complexity index is 963. The smallest absolute Gasteiger partial charge is 0.244 e. The molecule has 1 aliphatic rings. The number of likely N-dealkylation sites (N-methyl/N-ethyl adjacent to an activating group) is 1. The Morgan fingerprint density at radius 1 is 1.15 bits per heavy atom. The standard InChI is InChI=1S/C21H22FN3O/c1-24(2)20(16-8-3-5-9-17(16)22)21(26)25-12-11-15-14-7-4-6-10-18(14)23-19(15)13-25/h3-10,20,23H,11-13H2,1-2H3/t20-/m0/s1. The van der Waals surface area contributed by atoms with Gasteiger partial charge in [0.1, 0.15) is 11.9 Å². The molecular formula is C21H22FN3O. The van der Waals surface area contributed by atoms with Gasteiger partial charge in [0.2, 0.25) is 5.91 Å². The SMILES string of the molecule is CN(C)[C@H](C(=O)N1CCc2c([nH]c3ccccc23)C1)c1ccccc1F. The van der Waals surface area contributed by atoms with Crippen LogP contribution in [0.15, 0.2) is 48.5 Å². The van der Waals surface area contributed by atoms with Crippen molar-refractivity contribution >= 4 is 16.8 Å². The van der Waals surface area contributed by atoms with Crippen molar-refractivity contribution in [1.29, 1.82) is 0 Å². The van der Waals surface area contributed by atoms with Crippen LogP contribution in [-0.4, -0.2) is 41.3 Å². The van der Waals surface area contributed by atoms with Gasteiger partial charge in [-0.15, -0.1) is 0 Å². The van der Waals surface area contributed by atoms with Crippen molar-refractivity contribution in [2.75, 3.05) is 20.6 Å². The van der Waals surface area contributed by atoms with Gasteiger partial charge in [-0.3, -0.25) is 9.69 Å². The van der Waals surface area contributed by atoms with Crippen LogP contribution in [0, 0.1) is 5.82 Å². The fourth-order valence-electron chi connectivity index (χ4n) is 3.88. The van der Waals surface area contributed by atoms with Crippen molar-refractivity contribution in [3.63, 3.8) is 0 Å². The van der Waals surface area contributed by atoms with E-state index in [-0.39, 0.29) is 11.7 Å². The normalized spacial score (nSPS) is 15.3. The monoisotopic (exact) mass is 351 g/mol. The third kappa shape index (κ3) is 2.78. The summed E-state index contributed by atoms with van der Waals surface area (Å²) in [7, 11) is 3.63. The molecule has 0 unspecified atom stereocenters. The minimum absolute atomic E-state index is 0.0654. The first-order valence-electron chi connectivity index (χ1n) is 8.84. The molecule has 5 heteroatoms. The Morgan fingerprint density at radius 2 is 1.88 bits per heavy atom. The van der Waals surface area contributed by atoms with Crippen molar-refractivity contribution in [2.24, 2.45) is 0 Å². The van der Waals surface area contributed by atoms with Crippen molar-refractivity contribution in [3.05, 3.63) is 71.2 Å². The molecule has 1 amide bonds. The van der Waals surface area contributed by atoms with Crippen LogP contribution in [0.25, 0.3) is 10.9 Å². The van der Waals surface area contributed by atoms with Crippen LogP contribution in [0.2, 0.25) is 0 Å². The van der Waals surface area contributed by atoms with Gasteiger partial charge in [-0.1, -0.05) is 36.4 Å². The van der Waals surface area contributed by atoms with Gasteiger partial charge in [-0.25, -0.2) is 4.39 Å². The van der Waals surface area contributed by atoms with Crippen molar-refractivity contribution in [2.45, 2.75) is 19.0 Å². The van der Waals surface area contributed by atoms with Gasteiger partial charge in [0.15, 0.2) is 0 Å². The number of carbonyl (C=O) groups is 1. The summed E-state index contributed by atoms with van der Waals surface area (Å²) in [4.78, 5) is 20.3. The quantitative estimate of drug-likeness (QED) is 0.784. The van der Waals surface area contributed by atoms with Crippen LogP contribution in [0.1, 0.15) is 22.9 Å². The van der Waals surface area contributed by atoms with Crippen molar-refractivity contribution < 1.29 is 9.18 Å². The summed E-state index contributed by atoms with van der Waals surface area (Å²) in [5.41, 5.74) is 3.89. The van der Waals surface area contributed by atoms with Gasteiger partial charge < -0.3 is 9.88 Å². The summed E-state index contributed by atoms with van der Waals surface area (Å²) in [6.45, 7) is 1.17. The number of nitrogens with one attached hydrogen (secondary N) is 1. The summed E-state index contributed by atoms with van der Waals surface area (Å²) in [6, 6.07) is 14.1. The lowest BCUT2D eigenvalue weighted by Crippen LogP contribution is -2.43. The maximum atomic E-state index is 14.3. The first-order valence-corrected chi connectivity index (χ1v) is 8.84. The lowest BCUT2D eigenvalue weighted by atomic mass is 10.00. The molecule has 1 aromatic heterocycles. The molecule has 0 saturated carbocycles. The largest absolute Gasteiger partial charge is 0.357 e. The lowest BCUT2D eigenvalue weighted by Gasteiger charge is -2.33. The first-order chi connectivity index (χ1) is 12.6. The molecule has 1 N–H and O–H groups in total. The van der Waals surface area contributed by atoms with E-state index in [4.69, 9.17) is 0 Å². The highest BCUT2D eigenvalue weighted by Crippen LogP contribution is 2.30. The number of aromatic nitrogens is 1. The Labute approximate surface area is 152 Å². The molecule has 1 aliphatic heterocycles. The van der Waals surface area contributed by atoms with E-state index in [1.165, 1.54) is 17.0 Å². The van der Waals surface area contributed by atoms with Gasteiger partial charge in [0.05, 0.1) is 6.54 Å². The van der Waals surface area contributed by atoms with Crippen LogP contribution in [0.3, 0.4) is 0 Å². The summed E-state index contributed by atoms with van der Waals surface area (Å²) in [6.07, 6.45) is 0.808. The Kier molecular flexibility index (Phi) is 4.24. The van der Waals surface area contributed by atoms with Crippen molar-refractivity contribution in [1.82, 2.24) is 14.8 Å². The van der Waals surface area contributed by atoms with E-state index in [2.05, 4.69) is 17.1 Å². The van der Waals surface area contributed by atoms with Gasteiger partial charge in [0.25, 0.3) is 0 Å². The fourth-order valence-corrected chi connectivity index (χ4v) is 3.88. The topological polar surface area (TPSA) is 39.3 Å². The highest BCUT2D eigenvalue weighted by Gasteiger charge is 2.32. The number of carbonyl (C=O) groups excluding carboxylic acids is 1. The van der Waals surface area contributed by atoms with E-state index in [1.807, 2.05) is 31.1 Å². The summed E-state index contributed by atoms with van der Waals surface area (Å²) >= 11 is 0. The minimum Gasteiger partial charge on any atom is -0.357 e. The molecule has 0 radical (unpaired) electrons. The van der Waals surface area contributed by atoms with Gasteiger partial charge >= 0.3 is 0 Å². The highest BCUT2D eigenvalue weighted by molar-refractivity contribution is 5.87. The number of hydrogen-bond acceptors (Lipinski definition) is 2. The second-order valence-corrected chi connectivity index (χ2v) is 7.03. The number of rotatable bonds is 3. The molecular weight excluding hydrogens is 329 g/mol. The number of halogens is 1. The van der Waals surface area contributed by atoms with Crippen LogP contribution in [0.4, 0.5) is 4.39 Å². The Morgan fingerprint density at radius 3 is 2.65 bits per heavy atom. The maximum Gasteiger partial charge on any atom is 0.244 e. The molecule has 0 bridgehead atoms. The summed E-state index contributed by atoms with van der Waals surface area (Å²) in [5.74, 6) is -0.410. The second-order valence-electron chi connectivity index (χ2n) is 7.03. The van der Waals surface area contributed by atoms with Crippen LogP contribution in [0.5, 0.6) is 0 Å². The number of para-hydroxylation sites is 1. The zero-order chi connectivity index (χ0) is 18.3. The molecule has 3 aromatic rings. The molecule has 26 heavy (non-hydrogen) atoms. The van der Waals surface area contributed by atoms with E-state index in [1.54, 1.807) is 23.1 Å². The zero-order valence-corrected chi connectivity index (χ0v) is 15.0. The number of hydrogen-bond donors (Lipinski definition) is 1. The summed E-state index contributed by atoms with van der Waals surface area (Å²) < 4.78 is 14.3. The Hall–Kier alpha value is -2.66. The molecule has 0 aliphatic carbocycles. The predicted molar refractivity (Wildman–Crippen MR) is 100 cm³/mol. The number of fused-ring (bicyclic) bond motifs is 3. The maximum absolute atomic E-state index is 14.3. The predicted octanol–water partition coefficient (Wildman–Crippen LogP) is 3.49.